The van der Waals surface area contributed by atoms with Gasteiger partial charge in [-0.3, -0.25) is 0 Å². The van der Waals surface area contributed by atoms with E-state index in [0.717, 1.165) is 0 Å². The number of carboxylic acid groups (broad SMARTS) is 1. The number of halogens is 2. The van der Waals surface area contributed by atoms with Gasteiger partial charge in [0.15, 0.2) is 11.5 Å². The first-order valence-corrected chi connectivity index (χ1v) is 3.46. The lowest BCUT2D eigenvalue weighted by molar-refractivity contribution is 0.0691. The number of hydrogen-bond acceptors (Lipinski definition) is 3. The Balaban J connectivity index is 3.53. The minimum Gasteiger partial charge on any atom is -0.504 e. The van der Waals surface area contributed by atoms with E-state index >= 15 is 0 Å². The SMILES string of the molecule is O=C(O)c1c(F)cc(O)c(O)c1Cl. The van der Waals surface area contributed by atoms with Crippen LogP contribution in [0.25, 0.3) is 0 Å². The fraction of sp³-hybridized carbons (Fsp3) is 0. The minimum atomic E-state index is -1.61. The van der Waals surface area contributed by atoms with E-state index in [1.807, 2.05) is 0 Å². The van der Waals surface area contributed by atoms with E-state index in [4.69, 9.17) is 26.9 Å². The second-order valence-corrected chi connectivity index (χ2v) is 2.60. The van der Waals surface area contributed by atoms with Crippen LogP contribution in [0.5, 0.6) is 11.5 Å². The van der Waals surface area contributed by atoms with Gasteiger partial charge in [-0.2, -0.15) is 0 Å². The Bertz CT molecular complexity index is 377. The minimum absolute atomic E-state index is 0.477. The molecule has 0 fully saturated rings. The quantitative estimate of drug-likeness (QED) is 0.610. The van der Waals surface area contributed by atoms with Crippen LogP contribution < -0.4 is 0 Å². The van der Waals surface area contributed by atoms with Crippen molar-refractivity contribution in [3.8, 4) is 11.5 Å². The third-order valence-corrected chi connectivity index (χ3v) is 1.75. The number of aromatic carboxylic acids is 1. The van der Waals surface area contributed by atoms with E-state index in [9.17, 15) is 9.18 Å². The maximum atomic E-state index is 12.8. The average Bonchev–Trinajstić information content (AvgIpc) is 1.99. The molecule has 0 spiro atoms. The maximum Gasteiger partial charge on any atom is 0.340 e. The average molecular weight is 207 g/mol. The van der Waals surface area contributed by atoms with Crippen LogP contribution in [0, 0.1) is 5.82 Å². The van der Waals surface area contributed by atoms with E-state index < -0.39 is 33.9 Å². The number of carboxylic acids is 1. The van der Waals surface area contributed by atoms with Gasteiger partial charge in [-0.15, -0.1) is 0 Å². The molecule has 1 aromatic rings. The number of benzene rings is 1. The molecule has 0 bridgehead atoms. The summed E-state index contributed by atoms with van der Waals surface area (Å²) in [6.07, 6.45) is 0. The summed E-state index contributed by atoms with van der Waals surface area (Å²) in [5.74, 6) is -4.46. The highest BCUT2D eigenvalue weighted by atomic mass is 35.5. The Morgan fingerprint density at radius 2 is 2.00 bits per heavy atom. The summed E-state index contributed by atoms with van der Waals surface area (Å²) in [7, 11) is 0. The summed E-state index contributed by atoms with van der Waals surface area (Å²) in [6, 6.07) is 0.477. The second-order valence-electron chi connectivity index (χ2n) is 2.22. The molecule has 0 amide bonds. The van der Waals surface area contributed by atoms with Crippen molar-refractivity contribution < 1.29 is 24.5 Å². The smallest absolute Gasteiger partial charge is 0.340 e. The van der Waals surface area contributed by atoms with Gasteiger partial charge in [0.1, 0.15) is 16.4 Å². The summed E-state index contributed by atoms with van der Waals surface area (Å²) < 4.78 is 12.8. The normalized spacial score (nSPS) is 10.0. The molecule has 4 nitrogen and oxygen atoms in total. The molecule has 0 atom stereocenters. The third kappa shape index (κ3) is 1.50. The van der Waals surface area contributed by atoms with Crippen molar-refractivity contribution in [2.45, 2.75) is 0 Å². The number of phenols is 2. The first kappa shape index (κ1) is 9.60. The third-order valence-electron chi connectivity index (χ3n) is 1.39. The summed E-state index contributed by atoms with van der Waals surface area (Å²) in [4.78, 5) is 10.4. The Hall–Kier alpha value is -1.49. The molecule has 0 aromatic heterocycles. The molecule has 1 aromatic carbocycles. The summed E-state index contributed by atoms with van der Waals surface area (Å²) in [5, 5.41) is 25.5. The summed E-state index contributed by atoms with van der Waals surface area (Å²) >= 11 is 5.27. The molecular formula is C7H4ClFO4. The van der Waals surface area contributed by atoms with Crippen molar-refractivity contribution in [3.05, 3.63) is 22.5 Å². The van der Waals surface area contributed by atoms with Crippen molar-refractivity contribution in [1.29, 1.82) is 0 Å². The second kappa shape index (κ2) is 3.10. The molecule has 70 valence electrons. The Morgan fingerprint density at radius 3 is 2.46 bits per heavy atom. The highest BCUT2D eigenvalue weighted by Crippen LogP contribution is 2.37. The van der Waals surface area contributed by atoms with Crippen molar-refractivity contribution in [2.24, 2.45) is 0 Å². The molecule has 0 unspecified atom stereocenters. The summed E-state index contributed by atoms with van der Waals surface area (Å²) in [5.41, 5.74) is -0.864. The number of phenolic OH excluding ortho intramolecular Hbond substituents is 2. The first-order valence-electron chi connectivity index (χ1n) is 3.08. The fourth-order valence-electron chi connectivity index (χ4n) is 0.792. The predicted molar refractivity (Wildman–Crippen MR) is 41.7 cm³/mol. The van der Waals surface area contributed by atoms with Crippen LogP contribution in [-0.2, 0) is 0 Å². The highest BCUT2D eigenvalue weighted by molar-refractivity contribution is 6.35. The Labute approximate surface area is 76.8 Å². The maximum absolute atomic E-state index is 12.8. The zero-order valence-electron chi connectivity index (χ0n) is 6.08. The van der Waals surface area contributed by atoms with Crippen LogP contribution in [0.4, 0.5) is 4.39 Å². The molecule has 6 heteroatoms. The van der Waals surface area contributed by atoms with E-state index in [1.54, 1.807) is 0 Å². The molecule has 0 heterocycles. The standard InChI is InChI=1S/C7H4ClFO4/c8-5-4(7(12)13)2(9)1-3(10)6(5)11/h1,10-11H,(H,12,13). The molecule has 0 saturated heterocycles. The molecule has 0 radical (unpaired) electrons. The van der Waals surface area contributed by atoms with Gasteiger partial charge in [0, 0.05) is 6.07 Å². The van der Waals surface area contributed by atoms with Crippen molar-refractivity contribution in [1.82, 2.24) is 0 Å². The molecule has 3 N–H and O–H groups in total. The molecule has 0 aliphatic carbocycles. The van der Waals surface area contributed by atoms with Crippen LogP contribution in [0.3, 0.4) is 0 Å². The number of carbonyl (C=O) groups is 1. The zero-order valence-corrected chi connectivity index (χ0v) is 6.84. The largest absolute Gasteiger partial charge is 0.504 e. The van der Waals surface area contributed by atoms with E-state index in [-0.39, 0.29) is 0 Å². The van der Waals surface area contributed by atoms with Crippen LogP contribution in [-0.4, -0.2) is 21.3 Å². The fourth-order valence-corrected chi connectivity index (χ4v) is 1.06. The lowest BCUT2D eigenvalue weighted by atomic mass is 10.2. The van der Waals surface area contributed by atoms with E-state index in [1.165, 1.54) is 0 Å². The van der Waals surface area contributed by atoms with Gasteiger partial charge >= 0.3 is 5.97 Å². The molecule has 1 rings (SSSR count). The summed E-state index contributed by atoms with van der Waals surface area (Å²) in [6.45, 7) is 0. The molecule has 0 aliphatic rings. The van der Waals surface area contributed by atoms with Gasteiger partial charge < -0.3 is 15.3 Å². The first-order chi connectivity index (χ1) is 5.95. The zero-order chi connectivity index (χ0) is 10.2. The Kier molecular flexibility index (Phi) is 2.29. The molecule has 0 saturated carbocycles. The monoisotopic (exact) mass is 206 g/mol. The lowest BCUT2D eigenvalue weighted by Gasteiger charge is -2.04. The van der Waals surface area contributed by atoms with E-state index in [0.29, 0.717) is 6.07 Å². The van der Waals surface area contributed by atoms with Crippen molar-refractivity contribution in [3.63, 3.8) is 0 Å². The molecule has 0 aliphatic heterocycles. The van der Waals surface area contributed by atoms with E-state index in [2.05, 4.69) is 0 Å². The topological polar surface area (TPSA) is 77.8 Å². The predicted octanol–water partition coefficient (Wildman–Crippen LogP) is 1.59. The van der Waals surface area contributed by atoms with Crippen LogP contribution in [0.2, 0.25) is 5.02 Å². The Morgan fingerprint density at radius 1 is 1.46 bits per heavy atom. The van der Waals surface area contributed by atoms with Gasteiger partial charge in [0.2, 0.25) is 0 Å². The van der Waals surface area contributed by atoms with Gasteiger partial charge in [-0.05, 0) is 0 Å². The van der Waals surface area contributed by atoms with Crippen molar-refractivity contribution in [2.75, 3.05) is 0 Å². The van der Waals surface area contributed by atoms with Crippen LogP contribution in [0.15, 0.2) is 6.07 Å². The van der Waals surface area contributed by atoms with Crippen LogP contribution >= 0.6 is 11.6 Å². The lowest BCUT2D eigenvalue weighted by Crippen LogP contribution is -2.01. The molecule has 13 heavy (non-hydrogen) atoms. The van der Waals surface area contributed by atoms with Crippen molar-refractivity contribution >= 4 is 17.6 Å². The molecular weight excluding hydrogens is 203 g/mol. The van der Waals surface area contributed by atoms with Gasteiger partial charge in [0.05, 0.1) is 0 Å². The van der Waals surface area contributed by atoms with Gasteiger partial charge in [-0.25, -0.2) is 9.18 Å². The van der Waals surface area contributed by atoms with Gasteiger partial charge in [0.25, 0.3) is 0 Å². The number of rotatable bonds is 1. The van der Waals surface area contributed by atoms with Crippen LogP contribution in [0.1, 0.15) is 10.4 Å². The van der Waals surface area contributed by atoms with Gasteiger partial charge in [-0.1, -0.05) is 11.6 Å². The number of aromatic hydroxyl groups is 2. The highest BCUT2D eigenvalue weighted by Gasteiger charge is 2.21. The number of hydrogen-bond donors (Lipinski definition) is 3.